The van der Waals surface area contributed by atoms with Crippen LogP contribution in [0.5, 0.6) is 0 Å². The summed E-state index contributed by atoms with van der Waals surface area (Å²) in [6.45, 7) is 5.93. The van der Waals surface area contributed by atoms with E-state index < -0.39 is 17.4 Å². The number of nitrogens with zero attached hydrogens (tertiary/aromatic N) is 2. The maximum absolute atomic E-state index is 11.3. The Balaban J connectivity index is 2.51. The van der Waals surface area contributed by atoms with E-state index in [9.17, 15) is 20.3 Å². The number of aliphatic hydroxyl groups excluding tert-OH is 2. The molecule has 0 aliphatic carbocycles. The molecule has 6 nitrogen and oxygen atoms in total. The van der Waals surface area contributed by atoms with Gasteiger partial charge in [-0.1, -0.05) is 26.8 Å². The van der Waals surface area contributed by atoms with Gasteiger partial charge >= 0.3 is 0 Å². The Morgan fingerprint density at radius 2 is 1.80 bits per heavy atom. The fourth-order valence-corrected chi connectivity index (χ4v) is 2.45. The van der Waals surface area contributed by atoms with E-state index in [1.54, 1.807) is 12.1 Å². The van der Waals surface area contributed by atoms with E-state index in [0.29, 0.717) is 12.8 Å². The van der Waals surface area contributed by atoms with Crippen molar-refractivity contribution < 1.29 is 15.1 Å². The smallest absolute Gasteiger partial charge is 0.292 e. The molecule has 1 saturated heterocycles. The molecule has 2 N–H and O–H groups in total. The van der Waals surface area contributed by atoms with Gasteiger partial charge in [-0.05, 0) is 29.9 Å². The monoisotopic (exact) mass is 280 g/mol. The molecule has 0 aromatic heterocycles. The Morgan fingerprint density at radius 3 is 2.25 bits per heavy atom. The van der Waals surface area contributed by atoms with Gasteiger partial charge in [-0.2, -0.15) is 0 Å². The van der Waals surface area contributed by atoms with Crippen molar-refractivity contribution in [3.63, 3.8) is 0 Å². The van der Waals surface area contributed by atoms with Crippen molar-refractivity contribution in [1.29, 1.82) is 0 Å². The average Bonchev–Trinajstić information content (AvgIpc) is 2.67. The Morgan fingerprint density at radius 1 is 1.25 bits per heavy atom. The van der Waals surface area contributed by atoms with Crippen LogP contribution < -0.4 is 4.90 Å². The first-order valence-electron chi connectivity index (χ1n) is 6.65. The van der Waals surface area contributed by atoms with E-state index in [1.165, 1.54) is 11.0 Å². The summed E-state index contributed by atoms with van der Waals surface area (Å²) in [5, 5.41) is 31.1. The van der Waals surface area contributed by atoms with E-state index in [2.05, 4.69) is 0 Å². The van der Waals surface area contributed by atoms with E-state index in [4.69, 9.17) is 0 Å². The zero-order valence-corrected chi connectivity index (χ0v) is 11.9. The molecule has 1 fully saturated rings. The fourth-order valence-electron chi connectivity index (χ4n) is 2.45. The molecular formula is C14H20N2O4. The van der Waals surface area contributed by atoms with E-state index in [0.717, 1.165) is 5.56 Å². The molecule has 0 amide bonds. The van der Waals surface area contributed by atoms with E-state index >= 15 is 0 Å². The summed E-state index contributed by atoms with van der Waals surface area (Å²) in [4.78, 5) is 12.1. The maximum Gasteiger partial charge on any atom is 0.292 e. The minimum Gasteiger partial charge on any atom is -0.374 e. The second-order valence-electron chi connectivity index (χ2n) is 6.16. The van der Waals surface area contributed by atoms with Crippen LogP contribution in [0.15, 0.2) is 18.2 Å². The maximum atomic E-state index is 11.3. The quantitative estimate of drug-likeness (QED) is 0.640. The first-order chi connectivity index (χ1) is 9.21. The van der Waals surface area contributed by atoms with Crippen LogP contribution in [0.2, 0.25) is 0 Å². The molecule has 0 spiro atoms. The van der Waals surface area contributed by atoms with Crippen LogP contribution >= 0.6 is 0 Å². The van der Waals surface area contributed by atoms with Crippen molar-refractivity contribution in [2.75, 3.05) is 4.90 Å². The van der Waals surface area contributed by atoms with Gasteiger partial charge in [-0.3, -0.25) is 10.1 Å². The predicted octanol–water partition coefficient (Wildman–Crippen LogP) is 2.13. The second-order valence-corrected chi connectivity index (χ2v) is 6.16. The number of anilines is 1. The number of nitro benzene ring substituents is 1. The van der Waals surface area contributed by atoms with Crippen LogP contribution in [0.4, 0.5) is 11.4 Å². The minimum absolute atomic E-state index is 0.0857. The molecule has 1 aliphatic heterocycles. The zero-order valence-electron chi connectivity index (χ0n) is 11.9. The van der Waals surface area contributed by atoms with Gasteiger partial charge in [0.15, 0.2) is 0 Å². The number of rotatable bonds is 2. The first-order valence-corrected chi connectivity index (χ1v) is 6.65. The number of benzene rings is 1. The minimum atomic E-state index is -0.885. The van der Waals surface area contributed by atoms with Crippen LogP contribution in [0, 0.1) is 10.1 Å². The molecule has 0 radical (unpaired) electrons. The van der Waals surface area contributed by atoms with Gasteiger partial charge in [-0.25, -0.2) is 0 Å². The van der Waals surface area contributed by atoms with Gasteiger partial charge in [-0.15, -0.1) is 0 Å². The standard InChI is InChI=1S/C14H20N2O4/c1-14(2,3)9-4-5-10(11(8-9)16(19)20)15-12(17)6-7-13(15)18/h4-5,8,12-13,17-18H,6-7H2,1-3H3. The third-order valence-corrected chi connectivity index (χ3v) is 3.64. The van der Waals surface area contributed by atoms with Crippen LogP contribution in [0.1, 0.15) is 39.2 Å². The van der Waals surface area contributed by atoms with Gasteiger partial charge in [0.25, 0.3) is 5.69 Å². The lowest BCUT2D eigenvalue weighted by Gasteiger charge is -2.27. The highest BCUT2D eigenvalue weighted by Crippen LogP contribution is 2.38. The first kappa shape index (κ1) is 14.7. The van der Waals surface area contributed by atoms with Crippen molar-refractivity contribution in [3.8, 4) is 0 Å². The summed E-state index contributed by atoms with van der Waals surface area (Å²) >= 11 is 0. The highest BCUT2D eigenvalue weighted by Gasteiger charge is 2.35. The van der Waals surface area contributed by atoms with Crippen molar-refractivity contribution >= 4 is 11.4 Å². The normalized spacial score (nSPS) is 23.1. The molecule has 2 atom stereocenters. The third-order valence-electron chi connectivity index (χ3n) is 3.64. The molecule has 1 aliphatic rings. The highest BCUT2D eigenvalue weighted by molar-refractivity contribution is 5.66. The Hall–Kier alpha value is -1.66. The van der Waals surface area contributed by atoms with Crippen molar-refractivity contribution in [1.82, 2.24) is 0 Å². The van der Waals surface area contributed by atoms with Crippen LogP contribution in [-0.4, -0.2) is 27.6 Å². The van der Waals surface area contributed by atoms with Gasteiger partial charge in [0, 0.05) is 6.07 Å². The summed E-state index contributed by atoms with van der Waals surface area (Å²) < 4.78 is 0. The molecule has 110 valence electrons. The molecule has 20 heavy (non-hydrogen) atoms. The van der Waals surface area contributed by atoms with E-state index in [1.807, 2.05) is 20.8 Å². The topological polar surface area (TPSA) is 86.8 Å². The number of aliphatic hydroxyl groups is 2. The van der Waals surface area contributed by atoms with Gasteiger partial charge in [0.05, 0.1) is 4.92 Å². The van der Waals surface area contributed by atoms with Crippen LogP contribution in [0.25, 0.3) is 0 Å². The molecule has 2 rings (SSSR count). The fraction of sp³-hybridized carbons (Fsp3) is 0.571. The number of nitro groups is 1. The largest absolute Gasteiger partial charge is 0.374 e. The van der Waals surface area contributed by atoms with Gasteiger partial charge < -0.3 is 15.1 Å². The predicted molar refractivity (Wildman–Crippen MR) is 75.5 cm³/mol. The van der Waals surface area contributed by atoms with Gasteiger partial charge in [0.1, 0.15) is 18.1 Å². The Bertz CT molecular complexity index is 514. The Kier molecular flexibility index (Phi) is 3.71. The van der Waals surface area contributed by atoms with Crippen molar-refractivity contribution in [2.24, 2.45) is 0 Å². The number of hydrogen-bond donors (Lipinski definition) is 2. The summed E-state index contributed by atoms with van der Waals surface area (Å²) in [6.07, 6.45) is -0.966. The Labute approximate surface area is 117 Å². The lowest BCUT2D eigenvalue weighted by atomic mass is 9.86. The molecular weight excluding hydrogens is 260 g/mol. The lowest BCUT2D eigenvalue weighted by Crippen LogP contribution is -2.36. The van der Waals surface area contributed by atoms with Gasteiger partial charge in [0.2, 0.25) is 0 Å². The molecule has 0 bridgehead atoms. The molecule has 2 unspecified atom stereocenters. The van der Waals surface area contributed by atoms with Crippen LogP contribution in [0.3, 0.4) is 0 Å². The molecule has 1 aromatic carbocycles. The molecule has 6 heteroatoms. The molecule has 1 heterocycles. The molecule has 0 saturated carbocycles. The van der Waals surface area contributed by atoms with Crippen LogP contribution in [-0.2, 0) is 5.41 Å². The lowest BCUT2D eigenvalue weighted by molar-refractivity contribution is -0.384. The second kappa shape index (κ2) is 5.03. The molecule has 1 aromatic rings. The number of hydrogen-bond acceptors (Lipinski definition) is 5. The third kappa shape index (κ3) is 2.62. The summed E-state index contributed by atoms with van der Waals surface area (Å²) in [5.41, 5.74) is 0.819. The van der Waals surface area contributed by atoms with Crippen molar-refractivity contribution in [3.05, 3.63) is 33.9 Å². The summed E-state index contributed by atoms with van der Waals surface area (Å²) in [5.74, 6) is 0. The average molecular weight is 280 g/mol. The summed E-state index contributed by atoms with van der Waals surface area (Å²) in [6, 6.07) is 4.93. The summed E-state index contributed by atoms with van der Waals surface area (Å²) in [7, 11) is 0. The van der Waals surface area contributed by atoms with E-state index in [-0.39, 0.29) is 16.8 Å². The van der Waals surface area contributed by atoms with Crippen molar-refractivity contribution in [2.45, 2.75) is 51.5 Å². The SMILES string of the molecule is CC(C)(C)c1ccc(N2C(O)CCC2O)c([N+](=O)[O-])c1. The zero-order chi connectivity index (χ0) is 15.1. The highest BCUT2D eigenvalue weighted by atomic mass is 16.6.